The second-order valence-electron chi connectivity index (χ2n) is 2.17. The molecule has 1 fully saturated rings. The fourth-order valence-electron chi connectivity index (χ4n) is 0.726. The van der Waals surface area contributed by atoms with Crippen LogP contribution in [-0.4, -0.2) is 11.1 Å². The molecular formula is C6H11BrO. The molecule has 0 aromatic carbocycles. The summed E-state index contributed by atoms with van der Waals surface area (Å²) in [6.07, 6.45) is 4.34. The van der Waals surface area contributed by atoms with E-state index in [1.165, 1.54) is 19.3 Å². The lowest BCUT2D eigenvalue weighted by Crippen LogP contribution is -1.85. The molecule has 0 aliphatic carbocycles. The van der Waals surface area contributed by atoms with Crippen LogP contribution in [0.1, 0.15) is 26.2 Å². The number of epoxide rings is 1. The van der Waals surface area contributed by atoms with Gasteiger partial charge in [-0.3, -0.25) is 0 Å². The van der Waals surface area contributed by atoms with E-state index in [2.05, 4.69) is 22.9 Å². The standard InChI is InChI=1S/C6H11BrO/c1-2-3-4-5-6(7)8-5/h5-6H,2-4H2,1H3/t5-,6?/m1/s1. The number of unbranched alkanes of at least 4 members (excludes halogenated alkanes) is 1. The number of hydrogen-bond donors (Lipinski definition) is 0. The van der Waals surface area contributed by atoms with Crippen molar-refractivity contribution in [2.45, 2.75) is 37.3 Å². The Morgan fingerprint density at radius 2 is 2.25 bits per heavy atom. The van der Waals surface area contributed by atoms with Crippen LogP contribution < -0.4 is 0 Å². The Kier molecular flexibility index (Phi) is 2.32. The van der Waals surface area contributed by atoms with Crippen molar-refractivity contribution in [2.24, 2.45) is 0 Å². The van der Waals surface area contributed by atoms with Crippen LogP contribution in [0, 0.1) is 0 Å². The molecule has 1 saturated heterocycles. The maximum atomic E-state index is 5.14. The van der Waals surface area contributed by atoms with Gasteiger partial charge in [-0.05, 0) is 6.42 Å². The predicted molar refractivity (Wildman–Crippen MR) is 37.1 cm³/mol. The molecule has 8 heavy (non-hydrogen) atoms. The Balaban J connectivity index is 1.89. The summed E-state index contributed by atoms with van der Waals surface area (Å²) in [5.74, 6) is 0. The van der Waals surface area contributed by atoms with Crippen molar-refractivity contribution in [1.29, 1.82) is 0 Å². The van der Waals surface area contributed by atoms with Crippen LogP contribution in [0.5, 0.6) is 0 Å². The highest BCUT2D eigenvalue weighted by atomic mass is 79.9. The molecule has 0 amide bonds. The van der Waals surface area contributed by atoms with Crippen LogP contribution in [0.3, 0.4) is 0 Å². The first-order valence-electron chi connectivity index (χ1n) is 3.14. The van der Waals surface area contributed by atoms with E-state index in [1.807, 2.05) is 0 Å². The zero-order chi connectivity index (χ0) is 5.98. The van der Waals surface area contributed by atoms with Crippen LogP contribution in [0.4, 0.5) is 0 Å². The Hall–Kier alpha value is 0.440. The summed E-state index contributed by atoms with van der Waals surface area (Å²) in [5, 5.41) is 0.383. The summed E-state index contributed by atoms with van der Waals surface area (Å²) in [6.45, 7) is 2.20. The Morgan fingerprint density at radius 1 is 1.62 bits per heavy atom. The molecule has 48 valence electrons. The van der Waals surface area contributed by atoms with Gasteiger partial charge in [-0.15, -0.1) is 0 Å². The van der Waals surface area contributed by atoms with E-state index in [-0.39, 0.29) is 0 Å². The van der Waals surface area contributed by atoms with Gasteiger partial charge < -0.3 is 4.74 Å². The van der Waals surface area contributed by atoms with Gasteiger partial charge in [-0.1, -0.05) is 35.7 Å². The molecule has 1 aliphatic heterocycles. The molecule has 0 aromatic rings. The van der Waals surface area contributed by atoms with Crippen LogP contribution in [0.25, 0.3) is 0 Å². The van der Waals surface area contributed by atoms with Gasteiger partial charge in [0.1, 0.15) is 5.01 Å². The topological polar surface area (TPSA) is 12.5 Å². The molecule has 0 saturated carbocycles. The monoisotopic (exact) mass is 178 g/mol. The van der Waals surface area contributed by atoms with Crippen LogP contribution >= 0.6 is 15.9 Å². The van der Waals surface area contributed by atoms with Gasteiger partial charge in [-0.2, -0.15) is 0 Å². The fraction of sp³-hybridized carbons (Fsp3) is 1.00. The molecule has 2 heteroatoms. The Bertz CT molecular complexity index is 74.9. The second kappa shape index (κ2) is 2.83. The molecule has 0 N–H and O–H groups in total. The number of alkyl halides is 1. The third-order valence-corrected chi connectivity index (χ3v) is 2.17. The summed E-state index contributed by atoms with van der Waals surface area (Å²) in [6, 6.07) is 0. The maximum absolute atomic E-state index is 5.14. The van der Waals surface area contributed by atoms with Crippen molar-refractivity contribution in [3.8, 4) is 0 Å². The van der Waals surface area contributed by atoms with Crippen molar-refractivity contribution < 1.29 is 4.74 Å². The quantitative estimate of drug-likeness (QED) is 0.478. The smallest absolute Gasteiger partial charge is 0.139 e. The van der Waals surface area contributed by atoms with Crippen LogP contribution in [0.15, 0.2) is 0 Å². The molecule has 0 aromatic heterocycles. The number of rotatable bonds is 3. The largest absolute Gasteiger partial charge is 0.357 e. The van der Waals surface area contributed by atoms with E-state index in [1.54, 1.807) is 0 Å². The zero-order valence-electron chi connectivity index (χ0n) is 5.06. The maximum Gasteiger partial charge on any atom is 0.139 e. The molecule has 0 bridgehead atoms. The normalized spacial score (nSPS) is 35.2. The fourth-order valence-corrected chi connectivity index (χ4v) is 1.27. The summed E-state index contributed by atoms with van der Waals surface area (Å²) in [7, 11) is 0. The average molecular weight is 179 g/mol. The lowest BCUT2D eigenvalue weighted by atomic mass is 10.2. The summed E-state index contributed by atoms with van der Waals surface area (Å²) in [4.78, 5) is 0. The molecule has 0 radical (unpaired) electrons. The van der Waals surface area contributed by atoms with E-state index in [4.69, 9.17) is 4.74 Å². The minimum absolute atomic E-state index is 0.383. The first-order valence-corrected chi connectivity index (χ1v) is 4.05. The van der Waals surface area contributed by atoms with Crippen molar-refractivity contribution in [1.82, 2.24) is 0 Å². The van der Waals surface area contributed by atoms with Gasteiger partial charge in [0.2, 0.25) is 0 Å². The van der Waals surface area contributed by atoms with E-state index < -0.39 is 0 Å². The van der Waals surface area contributed by atoms with Crippen molar-refractivity contribution in [3.05, 3.63) is 0 Å². The Labute approximate surface area is 58.5 Å². The first kappa shape index (κ1) is 6.56. The van der Waals surface area contributed by atoms with Gasteiger partial charge >= 0.3 is 0 Å². The van der Waals surface area contributed by atoms with E-state index in [0.29, 0.717) is 11.1 Å². The van der Waals surface area contributed by atoms with Gasteiger partial charge in [0.25, 0.3) is 0 Å². The summed E-state index contributed by atoms with van der Waals surface area (Å²) < 4.78 is 5.14. The number of ether oxygens (including phenoxy) is 1. The van der Waals surface area contributed by atoms with Crippen molar-refractivity contribution in [2.75, 3.05) is 0 Å². The third kappa shape index (κ3) is 1.75. The summed E-state index contributed by atoms with van der Waals surface area (Å²) >= 11 is 3.36. The van der Waals surface area contributed by atoms with Gasteiger partial charge in [-0.25, -0.2) is 0 Å². The predicted octanol–water partition coefficient (Wildman–Crippen LogP) is 2.30. The Morgan fingerprint density at radius 3 is 2.62 bits per heavy atom. The van der Waals surface area contributed by atoms with Gasteiger partial charge in [0.05, 0.1) is 6.10 Å². The molecule has 1 aliphatic rings. The molecule has 2 atom stereocenters. The van der Waals surface area contributed by atoms with E-state index in [9.17, 15) is 0 Å². The van der Waals surface area contributed by atoms with Crippen molar-refractivity contribution in [3.63, 3.8) is 0 Å². The zero-order valence-corrected chi connectivity index (χ0v) is 6.65. The number of halogens is 1. The first-order chi connectivity index (χ1) is 3.84. The van der Waals surface area contributed by atoms with Crippen LogP contribution in [0.2, 0.25) is 0 Å². The minimum atomic E-state index is 0.383. The van der Waals surface area contributed by atoms with E-state index >= 15 is 0 Å². The van der Waals surface area contributed by atoms with Gasteiger partial charge in [0.15, 0.2) is 0 Å². The summed E-state index contributed by atoms with van der Waals surface area (Å²) in [5.41, 5.74) is 0. The highest BCUT2D eigenvalue weighted by Crippen LogP contribution is 2.31. The average Bonchev–Trinajstić information content (AvgIpc) is 2.42. The highest BCUT2D eigenvalue weighted by Gasteiger charge is 2.34. The molecule has 1 nitrogen and oxygen atoms in total. The third-order valence-electron chi connectivity index (χ3n) is 1.36. The van der Waals surface area contributed by atoms with Crippen LogP contribution in [-0.2, 0) is 4.74 Å². The lowest BCUT2D eigenvalue weighted by Gasteiger charge is -1.87. The molecule has 1 rings (SSSR count). The van der Waals surface area contributed by atoms with Crippen molar-refractivity contribution >= 4 is 15.9 Å². The molecule has 1 unspecified atom stereocenters. The molecular weight excluding hydrogens is 168 g/mol. The highest BCUT2D eigenvalue weighted by molar-refractivity contribution is 9.09. The van der Waals surface area contributed by atoms with Gasteiger partial charge in [0, 0.05) is 0 Å². The molecule has 0 spiro atoms. The lowest BCUT2D eigenvalue weighted by molar-refractivity contribution is 0.386. The second-order valence-corrected chi connectivity index (χ2v) is 3.07. The SMILES string of the molecule is CCCC[C@H]1OC1Br. The molecule has 1 heterocycles. The minimum Gasteiger partial charge on any atom is -0.357 e. The number of hydrogen-bond acceptors (Lipinski definition) is 1. The van der Waals surface area contributed by atoms with E-state index in [0.717, 1.165) is 0 Å².